The van der Waals surface area contributed by atoms with E-state index in [2.05, 4.69) is 9.97 Å². The first-order valence-corrected chi connectivity index (χ1v) is 5.93. The minimum absolute atomic E-state index is 0.0626. The second-order valence-corrected chi connectivity index (χ2v) is 4.23. The van der Waals surface area contributed by atoms with Crippen molar-refractivity contribution in [1.29, 1.82) is 5.26 Å². The van der Waals surface area contributed by atoms with Gasteiger partial charge in [-0.3, -0.25) is 4.79 Å². The number of nitrogens with zero attached hydrogens (tertiary/aromatic N) is 2. The number of halogens is 1. The molecule has 6 heteroatoms. The van der Waals surface area contributed by atoms with Crippen LogP contribution in [-0.2, 0) is 0 Å². The van der Waals surface area contributed by atoms with Gasteiger partial charge in [0.1, 0.15) is 11.6 Å². The van der Waals surface area contributed by atoms with Crippen molar-refractivity contribution in [2.24, 2.45) is 0 Å². The molecule has 2 aromatic heterocycles. The van der Waals surface area contributed by atoms with Crippen LogP contribution in [0.4, 0.5) is 0 Å². The van der Waals surface area contributed by atoms with E-state index in [0.29, 0.717) is 10.9 Å². The number of aromatic nitrogens is 2. The van der Waals surface area contributed by atoms with Gasteiger partial charge in [-0.25, -0.2) is 4.98 Å². The van der Waals surface area contributed by atoms with Crippen molar-refractivity contribution in [3.8, 4) is 6.07 Å². The molecule has 0 fully saturated rings. The number of pyridine rings is 2. The lowest BCUT2D eigenvalue weighted by Gasteiger charge is -2.03. The average Bonchev–Trinajstić information content (AvgIpc) is 2.29. The number of hydrogen-bond donors (Lipinski definition) is 1. The number of thioether (sulfide) groups is 1. The van der Waals surface area contributed by atoms with Crippen molar-refractivity contribution < 1.29 is 0 Å². The fourth-order valence-electron chi connectivity index (χ4n) is 1.35. The second kappa shape index (κ2) is 4.16. The molecule has 80 valence electrons. The minimum atomic E-state index is -0.487. The monoisotopic (exact) mass is 251 g/mol. The molecule has 0 unspecified atom stereocenters. The Morgan fingerprint density at radius 1 is 1.62 bits per heavy atom. The molecule has 16 heavy (non-hydrogen) atoms. The molecular weight excluding hydrogens is 246 g/mol. The molecule has 2 aromatic rings. The molecular formula is C10H6ClN3OS. The van der Waals surface area contributed by atoms with E-state index >= 15 is 0 Å². The van der Waals surface area contributed by atoms with E-state index in [9.17, 15) is 4.79 Å². The van der Waals surface area contributed by atoms with Crippen molar-refractivity contribution in [3.63, 3.8) is 0 Å². The first-order chi connectivity index (χ1) is 7.67. The van der Waals surface area contributed by atoms with E-state index in [4.69, 9.17) is 16.9 Å². The van der Waals surface area contributed by atoms with Gasteiger partial charge in [0.05, 0.1) is 21.8 Å². The summed E-state index contributed by atoms with van der Waals surface area (Å²) in [5.41, 5.74) is -0.0158. The van der Waals surface area contributed by atoms with E-state index in [1.54, 1.807) is 12.1 Å². The molecule has 0 aliphatic heterocycles. The van der Waals surface area contributed by atoms with Crippen LogP contribution < -0.4 is 5.56 Å². The van der Waals surface area contributed by atoms with Crippen LogP contribution in [0.3, 0.4) is 0 Å². The van der Waals surface area contributed by atoms with Crippen molar-refractivity contribution in [2.45, 2.75) is 5.03 Å². The Hall–Kier alpha value is -1.51. The number of hydrogen-bond acceptors (Lipinski definition) is 4. The minimum Gasteiger partial charge on any atom is -0.319 e. The van der Waals surface area contributed by atoms with Crippen LogP contribution in [0.15, 0.2) is 22.1 Å². The SMILES string of the molecule is CSc1cc2c(Cl)c(C#N)c(=O)[nH]c2cn1. The zero-order chi connectivity index (χ0) is 11.7. The fourth-order valence-corrected chi connectivity index (χ4v) is 2.03. The predicted molar refractivity (Wildman–Crippen MR) is 63.9 cm³/mol. The molecule has 0 aliphatic carbocycles. The van der Waals surface area contributed by atoms with Crippen LogP contribution >= 0.6 is 23.4 Å². The van der Waals surface area contributed by atoms with Crippen molar-refractivity contribution in [3.05, 3.63) is 33.2 Å². The summed E-state index contributed by atoms with van der Waals surface area (Å²) in [5, 5.41) is 10.4. The Morgan fingerprint density at radius 3 is 3.00 bits per heavy atom. The normalized spacial score (nSPS) is 10.3. The lowest BCUT2D eigenvalue weighted by Crippen LogP contribution is -2.10. The first-order valence-electron chi connectivity index (χ1n) is 4.33. The third-order valence-corrected chi connectivity index (χ3v) is 3.17. The largest absolute Gasteiger partial charge is 0.319 e. The Bertz CT molecular complexity index is 659. The van der Waals surface area contributed by atoms with Crippen LogP contribution in [0.2, 0.25) is 5.02 Å². The van der Waals surface area contributed by atoms with Gasteiger partial charge in [-0.15, -0.1) is 11.8 Å². The third kappa shape index (κ3) is 1.66. The maximum absolute atomic E-state index is 11.4. The van der Waals surface area contributed by atoms with Gasteiger partial charge in [0, 0.05) is 5.39 Å². The van der Waals surface area contributed by atoms with Gasteiger partial charge in [0.25, 0.3) is 5.56 Å². The smallest absolute Gasteiger partial charge is 0.267 e. The van der Waals surface area contributed by atoms with E-state index in [1.165, 1.54) is 18.0 Å². The maximum Gasteiger partial charge on any atom is 0.267 e. The Labute approximate surface area is 100 Å². The molecule has 1 N–H and O–H groups in total. The van der Waals surface area contributed by atoms with Crippen molar-refractivity contribution in [2.75, 3.05) is 6.26 Å². The summed E-state index contributed by atoms with van der Waals surface area (Å²) in [5.74, 6) is 0. The standard InChI is InChI=1S/C10H6ClN3OS/c1-16-8-2-5-7(4-13-8)14-10(15)6(3-12)9(5)11/h2,4H,1H3,(H,14,15). The molecule has 0 amide bonds. The number of fused-ring (bicyclic) bond motifs is 1. The maximum atomic E-state index is 11.4. The topological polar surface area (TPSA) is 69.5 Å². The van der Waals surface area contributed by atoms with E-state index in [0.717, 1.165) is 5.03 Å². The summed E-state index contributed by atoms with van der Waals surface area (Å²) >= 11 is 7.46. The molecule has 0 saturated heterocycles. The van der Waals surface area contributed by atoms with Crippen LogP contribution in [0, 0.1) is 11.3 Å². The number of aromatic amines is 1. The van der Waals surface area contributed by atoms with Gasteiger partial charge in [-0.2, -0.15) is 5.26 Å². The molecule has 0 radical (unpaired) electrons. The van der Waals surface area contributed by atoms with Crippen LogP contribution in [-0.4, -0.2) is 16.2 Å². The summed E-state index contributed by atoms with van der Waals surface area (Å²) < 4.78 is 0. The summed E-state index contributed by atoms with van der Waals surface area (Å²) in [4.78, 5) is 18.1. The Morgan fingerprint density at radius 2 is 2.38 bits per heavy atom. The Kier molecular flexibility index (Phi) is 2.86. The number of nitrogens with one attached hydrogen (secondary N) is 1. The summed E-state index contributed by atoms with van der Waals surface area (Å²) in [6, 6.07) is 3.54. The van der Waals surface area contributed by atoms with Crippen LogP contribution in [0.5, 0.6) is 0 Å². The number of H-pyrrole nitrogens is 1. The van der Waals surface area contributed by atoms with Crippen LogP contribution in [0.1, 0.15) is 5.56 Å². The highest BCUT2D eigenvalue weighted by molar-refractivity contribution is 7.98. The second-order valence-electron chi connectivity index (χ2n) is 3.03. The lowest BCUT2D eigenvalue weighted by atomic mass is 10.2. The molecule has 0 spiro atoms. The Balaban J connectivity index is 2.90. The summed E-state index contributed by atoms with van der Waals surface area (Å²) in [7, 11) is 0. The highest BCUT2D eigenvalue weighted by Crippen LogP contribution is 2.25. The first kappa shape index (κ1) is 11.0. The molecule has 0 aromatic carbocycles. The molecule has 2 rings (SSSR count). The van der Waals surface area contributed by atoms with Gasteiger partial charge in [0.2, 0.25) is 0 Å². The van der Waals surface area contributed by atoms with Gasteiger partial charge in [-0.1, -0.05) is 11.6 Å². The van der Waals surface area contributed by atoms with Gasteiger partial charge < -0.3 is 4.98 Å². The van der Waals surface area contributed by atoms with Crippen molar-refractivity contribution >= 4 is 34.3 Å². The van der Waals surface area contributed by atoms with E-state index in [1.807, 2.05) is 6.26 Å². The molecule has 2 heterocycles. The van der Waals surface area contributed by atoms with Gasteiger partial charge in [-0.05, 0) is 12.3 Å². The summed E-state index contributed by atoms with van der Waals surface area (Å²) in [6.45, 7) is 0. The molecule has 0 atom stereocenters. The highest BCUT2D eigenvalue weighted by Gasteiger charge is 2.10. The number of rotatable bonds is 1. The number of nitriles is 1. The van der Waals surface area contributed by atoms with Crippen LogP contribution in [0.25, 0.3) is 10.9 Å². The molecule has 0 bridgehead atoms. The predicted octanol–water partition coefficient (Wildman–Crippen LogP) is 2.17. The zero-order valence-corrected chi connectivity index (χ0v) is 9.82. The lowest BCUT2D eigenvalue weighted by molar-refractivity contribution is 1.14. The molecule has 4 nitrogen and oxygen atoms in total. The molecule has 0 saturated carbocycles. The molecule has 0 aliphatic rings. The van der Waals surface area contributed by atoms with Gasteiger partial charge in [0.15, 0.2) is 0 Å². The fraction of sp³-hybridized carbons (Fsp3) is 0.100. The van der Waals surface area contributed by atoms with E-state index < -0.39 is 5.56 Å². The average molecular weight is 252 g/mol. The zero-order valence-electron chi connectivity index (χ0n) is 8.24. The highest BCUT2D eigenvalue weighted by atomic mass is 35.5. The summed E-state index contributed by atoms with van der Waals surface area (Å²) in [6.07, 6.45) is 3.43. The van der Waals surface area contributed by atoms with E-state index in [-0.39, 0.29) is 10.6 Å². The van der Waals surface area contributed by atoms with Crippen molar-refractivity contribution in [1.82, 2.24) is 9.97 Å². The quantitative estimate of drug-likeness (QED) is 0.789. The van der Waals surface area contributed by atoms with Gasteiger partial charge >= 0.3 is 0 Å². The third-order valence-electron chi connectivity index (χ3n) is 2.13.